The van der Waals surface area contributed by atoms with Crippen molar-refractivity contribution in [3.05, 3.63) is 35.9 Å². The first-order valence-electron chi connectivity index (χ1n) is 11.2. The lowest BCUT2D eigenvalue weighted by atomic mass is 9.80. The van der Waals surface area contributed by atoms with Gasteiger partial charge in [-0.1, -0.05) is 49.6 Å². The van der Waals surface area contributed by atoms with E-state index < -0.39 is 22.8 Å². The van der Waals surface area contributed by atoms with Gasteiger partial charge in [0.2, 0.25) is 5.91 Å². The minimum absolute atomic E-state index is 0.277. The molecule has 0 spiro atoms. The van der Waals surface area contributed by atoms with Gasteiger partial charge in [-0.05, 0) is 45.6 Å². The molecule has 7 heteroatoms. The minimum atomic E-state index is -1.03. The summed E-state index contributed by atoms with van der Waals surface area (Å²) < 4.78 is 5.42. The number of amides is 2. The number of hydrogen-bond donors (Lipinski definition) is 2. The summed E-state index contributed by atoms with van der Waals surface area (Å²) >= 11 is 0. The molecular formula is C24H34N4O3. The first-order chi connectivity index (χ1) is 14.7. The van der Waals surface area contributed by atoms with Gasteiger partial charge in [0, 0.05) is 19.6 Å². The highest BCUT2D eigenvalue weighted by Gasteiger charge is 2.47. The van der Waals surface area contributed by atoms with E-state index in [9.17, 15) is 14.9 Å². The van der Waals surface area contributed by atoms with Crippen LogP contribution < -0.4 is 10.6 Å². The molecule has 7 nitrogen and oxygen atoms in total. The lowest BCUT2D eigenvalue weighted by Crippen LogP contribution is -2.64. The van der Waals surface area contributed by atoms with Crippen molar-refractivity contribution in [3.63, 3.8) is 0 Å². The molecule has 2 fully saturated rings. The molecule has 31 heavy (non-hydrogen) atoms. The van der Waals surface area contributed by atoms with E-state index in [1.165, 1.54) is 5.56 Å². The third-order valence-electron chi connectivity index (χ3n) is 6.05. The molecule has 2 N–H and O–H groups in total. The van der Waals surface area contributed by atoms with Gasteiger partial charge in [0.15, 0.2) is 0 Å². The maximum atomic E-state index is 13.5. The van der Waals surface area contributed by atoms with Crippen LogP contribution >= 0.6 is 0 Å². The van der Waals surface area contributed by atoms with E-state index >= 15 is 0 Å². The van der Waals surface area contributed by atoms with Crippen LogP contribution in [0.15, 0.2) is 30.3 Å². The Bertz CT molecular complexity index is 821. The van der Waals surface area contributed by atoms with Crippen LogP contribution in [0.25, 0.3) is 0 Å². The predicted octanol–water partition coefficient (Wildman–Crippen LogP) is 3.50. The molecule has 2 amide bonds. The summed E-state index contributed by atoms with van der Waals surface area (Å²) in [5.74, 6) is -0.277. The standard InChI is InChI=1S/C24H34N4O3/c1-22(2,3)31-21(30)27-24(12-8-5-9-13-24)20(29)26-23(17-25)14-15-28(18-23)16-19-10-6-4-7-11-19/h4,6-7,10-11H,5,8-9,12-16,18H2,1-3H3,(H,26,29)(H,27,30). The third kappa shape index (κ3) is 5.98. The van der Waals surface area contributed by atoms with Crippen LogP contribution in [0.2, 0.25) is 0 Å². The van der Waals surface area contributed by atoms with Gasteiger partial charge >= 0.3 is 6.09 Å². The number of nitrogens with one attached hydrogen (secondary N) is 2. The number of hydrogen-bond acceptors (Lipinski definition) is 5. The summed E-state index contributed by atoms with van der Waals surface area (Å²) in [4.78, 5) is 28.1. The quantitative estimate of drug-likeness (QED) is 0.751. The Balaban J connectivity index is 1.69. The number of rotatable bonds is 5. The van der Waals surface area contributed by atoms with Gasteiger partial charge in [-0.3, -0.25) is 9.69 Å². The van der Waals surface area contributed by atoms with E-state index in [1.54, 1.807) is 20.8 Å². The van der Waals surface area contributed by atoms with Crippen molar-refractivity contribution < 1.29 is 14.3 Å². The first kappa shape index (κ1) is 23.1. The van der Waals surface area contributed by atoms with E-state index in [0.717, 1.165) is 32.4 Å². The molecule has 3 rings (SSSR count). The highest BCUT2D eigenvalue weighted by molar-refractivity contribution is 5.91. The number of carbonyl (C=O) groups excluding carboxylic acids is 2. The Hall–Kier alpha value is -2.59. The second-order valence-electron chi connectivity index (χ2n) is 9.86. The average molecular weight is 427 g/mol. The van der Waals surface area contributed by atoms with Gasteiger partial charge in [0.25, 0.3) is 0 Å². The van der Waals surface area contributed by atoms with Crippen LogP contribution in [0.1, 0.15) is 64.9 Å². The summed E-state index contributed by atoms with van der Waals surface area (Å²) in [6, 6.07) is 12.5. The van der Waals surface area contributed by atoms with Crippen LogP contribution in [0.4, 0.5) is 4.79 Å². The smallest absolute Gasteiger partial charge is 0.408 e. The van der Waals surface area contributed by atoms with Crippen molar-refractivity contribution in [2.75, 3.05) is 13.1 Å². The molecule has 0 aromatic heterocycles. The topological polar surface area (TPSA) is 94.5 Å². The fraction of sp³-hybridized carbons (Fsp3) is 0.625. The monoisotopic (exact) mass is 426 g/mol. The fourth-order valence-corrected chi connectivity index (χ4v) is 4.49. The average Bonchev–Trinajstić information content (AvgIpc) is 3.11. The summed E-state index contributed by atoms with van der Waals surface area (Å²) in [6.07, 6.45) is 3.80. The zero-order valence-corrected chi connectivity index (χ0v) is 18.9. The van der Waals surface area contributed by atoms with E-state index in [0.29, 0.717) is 25.8 Å². The Labute approximate surface area is 185 Å². The number of nitrogens with zero attached hydrogens (tertiary/aromatic N) is 2. The molecule has 0 bridgehead atoms. The zero-order chi connectivity index (χ0) is 22.5. The molecule has 168 valence electrons. The number of likely N-dealkylation sites (tertiary alicyclic amines) is 1. The molecule has 1 aliphatic carbocycles. The Morgan fingerprint density at radius 2 is 1.77 bits per heavy atom. The van der Waals surface area contributed by atoms with Gasteiger partial charge in [-0.2, -0.15) is 5.26 Å². The summed E-state index contributed by atoms with van der Waals surface area (Å²) in [5.41, 5.74) is -1.45. The van der Waals surface area contributed by atoms with Gasteiger partial charge < -0.3 is 15.4 Å². The van der Waals surface area contributed by atoms with Crippen molar-refractivity contribution in [1.29, 1.82) is 5.26 Å². The lowest BCUT2D eigenvalue weighted by molar-refractivity contribution is -0.130. The molecule has 1 aliphatic heterocycles. The second kappa shape index (κ2) is 9.27. The molecular weight excluding hydrogens is 392 g/mol. The molecule has 1 heterocycles. The molecule has 1 aromatic rings. The number of ether oxygens (including phenoxy) is 1. The lowest BCUT2D eigenvalue weighted by Gasteiger charge is -2.39. The molecule has 1 saturated heterocycles. The maximum Gasteiger partial charge on any atom is 0.408 e. The Kier molecular flexibility index (Phi) is 6.90. The number of nitriles is 1. The van der Waals surface area contributed by atoms with Crippen molar-refractivity contribution in [3.8, 4) is 6.07 Å². The van der Waals surface area contributed by atoms with Gasteiger partial charge in [0.05, 0.1) is 6.07 Å². The molecule has 0 radical (unpaired) electrons. The highest BCUT2D eigenvalue weighted by Crippen LogP contribution is 2.31. The highest BCUT2D eigenvalue weighted by atomic mass is 16.6. The Morgan fingerprint density at radius 1 is 1.10 bits per heavy atom. The van der Waals surface area contributed by atoms with Gasteiger partial charge in [-0.25, -0.2) is 4.79 Å². The Morgan fingerprint density at radius 3 is 2.39 bits per heavy atom. The van der Waals surface area contributed by atoms with Crippen molar-refractivity contribution in [2.45, 2.75) is 82.5 Å². The summed E-state index contributed by atoms with van der Waals surface area (Å²) in [7, 11) is 0. The molecule has 1 aromatic carbocycles. The number of alkyl carbamates (subject to hydrolysis) is 1. The van der Waals surface area contributed by atoms with Crippen LogP contribution in [-0.2, 0) is 16.1 Å². The van der Waals surface area contributed by atoms with Crippen LogP contribution in [0.5, 0.6) is 0 Å². The van der Waals surface area contributed by atoms with Crippen molar-refractivity contribution in [1.82, 2.24) is 15.5 Å². The fourth-order valence-electron chi connectivity index (χ4n) is 4.49. The molecule has 1 unspecified atom stereocenters. The second-order valence-corrected chi connectivity index (χ2v) is 9.86. The first-order valence-corrected chi connectivity index (χ1v) is 11.2. The minimum Gasteiger partial charge on any atom is -0.444 e. The normalized spacial score (nSPS) is 23.5. The SMILES string of the molecule is CC(C)(C)OC(=O)NC1(C(=O)NC2(C#N)CCN(Cc3ccccc3)C2)CCCCC1. The predicted molar refractivity (Wildman–Crippen MR) is 118 cm³/mol. The molecule has 2 aliphatic rings. The van der Waals surface area contributed by atoms with E-state index in [-0.39, 0.29) is 5.91 Å². The van der Waals surface area contributed by atoms with E-state index in [2.05, 4.69) is 33.7 Å². The largest absolute Gasteiger partial charge is 0.444 e. The van der Waals surface area contributed by atoms with E-state index in [4.69, 9.17) is 4.74 Å². The van der Waals surface area contributed by atoms with Crippen LogP contribution in [-0.4, -0.2) is 46.7 Å². The zero-order valence-electron chi connectivity index (χ0n) is 18.9. The van der Waals surface area contributed by atoms with Crippen molar-refractivity contribution >= 4 is 12.0 Å². The van der Waals surface area contributed by atoms with Crippen LogP contribution in [0.3, 0.4) is 0 Å². The molecule has 1 saturated carbocycles. The third-order valence-corrected chi connectivity index (χ3v) is 6.05. The summed E-state index contributed by atoms with van der Waals surface area (Å²) in [6.45, 7) is 7.32. The van der Waals surface area contributed by atoms with E-state index in [1.807, 2.05) is 18.2 Å². The van der Waals surface area contributed by atoms with Crippen LogP contribution in [0, 0.1) is 11.3 Å². The van der Waals surface area contributed by atoms with Gasteiger partial charge in [-0.15, -0.1) is 0 Å². The summed E-state index contributed by atoms with van der Waals surface area (Å²) in [5, 5.41) is 15.8. The maximum absolute atomic E-state index is 13.5. The molecule has 1 atom stereocenters. The van der Waals surface area contributed by atoms with Crippen molar-refractivity contribution in [2.24, 2.45) is 0 Å². The van der Waals surface area contributed by atoms with Gasteiger partial charge in [0.1, 0.15) is 16.7 Å². The number of benzene rings is 1. The number of carbonyl (C=O) groups is 2.